The molecule has 1 fully saturated rings. The van der Waals surface area contributed by atoms with Crippen LogP contribution in [0.15, 0.2) is 30.6 Å². The third-order valence-corrected chi connectivity index (χ3v) is 5.15. The number of fused-ring (bicyclic) bond motifs is 1. The molecule has 1 aliphatic heterocycles. The fourth-order valence-electron chi connectivity index (χ4n) is 3.28. The van der Waals surface area contributed by atoms with Gasteiger partial charge in [-0.3, -0.25) is 0 Å². The molecule has 1 aliphatic carbocycles. The Morgan fingerprint density at radius 3 is 3.04 bits per heavy atom. The number of hydrogen-bond acceptors (Lipinski definition) is 3. The highest BCUT2D eigenvalue weighted by molar-refractivity contribution is 5.89. The largest absolute Gasteiger partial charge is 0.375 e. The normalized spacial score (nSPS) is 16.4. The number of benzene rings is 1. The molecule has 2 amide bonds. The van der Waals surface area contributed by atoms with Crippen LogP contribution in [0.5, 0.6) is 0 Å². The number of imidazole rings is 1. The highest BCUT2D eigenvalue weighted by Crippen LogP contribution is 2.29. The second-order valence-electron chi connectivity index (χ2n) is 7.20. The molecular weight excluding hydrogens is 328 g/mol. The molecule has 0 bridgehead atoms. The van der Waals surface area contributed by atoms with Crippen LogP contribution in [0.4, 0.5) is 10.5 Å². The van der Waals surface area contributed by atoms with Gasteiger partial charge in [0.15, 0.2) is 0 Å². The van der Waals surface area contributed by atoms with Crippen molar-refractivity contribution in [1.82, 2.24) is 14.5 Å². The Balaban J connectivity index is 1.38. The first-order chi connectivity index (χ1) is 12.7. The van der Waals surface area contributed by atoms with Crippen molar-refractivity contribution in [2.24, 2.45) is 5.92 Å². The Kier molecular flexibility index (Phi) is 4.93. The number of urea groups is 1. The van der Waals surface area contributed by atoms with Gasteiger partial charge in [0.1, 0.15) is 0 Å². The second-order valence-corrected chi connectivity index (χ2v) is 7.20. The summed E-state index contributed by atoms with van der Waals surface area (Å²) in [5.41, 5.74) is 4.11. The van der Waals surface area contributed by atoms with Gasteiger partial charge in [-0.15, -0.1) is 0 Å². The SMILES string of the molecule is CCc1cccc(NC(=O)N2CCn3cnc(COCC4CC4)c3C2)c1. The molecule has 4 rings (SSSR count). The number of hydrogen-bond donors (Lipinski definition) is 1. The van der Waals surface area contributed by atoms with Crippen LogP contribution in [0.25, 0.3) is 0 Å². The van der Waals surface area contributed by atoms with E-state index in [0.717, 1.165) is 42.6 Å². The van der Waals surface area contributed by atoms with E-state index in [0.29, 0.717) is 19.7 Å². The van der Waals surface area contributed by atoms with Crippen LogP contribution in [0.1, 0.15) is 36.7 Å². The van der Waals surface area contributed by atoms with E-state index in [9.17, 15) is 4.79 Å². The number of aryl methyl sites for hydroxylation is 1. The number of aromatic nitrogens is 2. The van der Waals surface area contributed by atoms with Crippen molar-refractivity contribution in [2.45, 2.75) is 45.9 Å². The van der Waals surface area contributed by atoms with Crippen LogP contribution in [0, 0.1) is 5.92 Å². The van der Waals surface area contributed by atoms with Gasteiger partial charge in [-0.05, 0) is 42.9 Å². The van der Waals surface area contributed by atoms with Crippen molar-refractivity contribution in [3.05, 3.63) is 47.5 Å². The molecular formula is C20H26N4O2. The molecule has 6 heteroatoms. The fraction of sp³-hybridized carbons (Fsp3) is 0.500. The van der Waals surface area contributed by atoms with Crippen LogP contribution in [0.2, 0.25) is 0 Å². The summed E-state index contributed by atoms with van der Waals surface area (Å²) in [6.07, 6.45) is 5.39. The number of carbonyl (C=O) groups is 1. The number of nitrogens with zero attached hydrogens (tertiary/aromatic N) is 3. The van der Waals surface area contributed by atoms with E-state index >= 15 is 0 Å². The average molecular weight is 354 g/mol. The predicted octanol–water partition coefficient (Wildman–Crippen LogP) is 3.42. The number of anilines is 1. The van der Waals surface area contributed by atoms with Crippen molar-refractivity contribution < 1.29 is 9.53 Å². The number of carbonyl (C=O) groups excluding carboxylic acids is 1. The van der Waals surface area contributed by atoms with Gasteiger partial charge in [0.25, 0.3) is 0 Å². The smallest absolute Gasteiger partial charge is 0.322 e. The molecule has 0 unspecified atom stereocenters. The lowest BCUT2D eigenvalue weighted by Gasteiger charge is -2.29. The number of ether oxygens (including phenoxy) is 1. The minimum absolute atomic E-state index is 0.0597. The van der Waals surface area contributed by atoms with Gasteiger partial charge < -0.3 is 19.5 Å². The zero-order valence-corrected chi connectivity index (χ0v) is 15.3. The average Bonchev–Trinajstić information content (AvgIpc) is 3.40. The summed E-state index contributed by atoms with van der Waals surface area (Å²) in [6.45, 7) is 5.50. The summed E-state index contributed by atoms with van der Waals surface area (Å²) in [5, 5.41) is 3.02. The van der Waals surface area contributed by atoms with E-state index in [4.69, 9.17) is 4.74 Å². The molecule has 1 aromatic heterocycles. The molecule has 2 heterocycles. The predicted molar refractivity (Wildman–Crippen MR) is 99.9 cm³/mol. The summed E-state index contributed by atoms with van der Waals surface area (Å²) in [7, 11) is 0. The van der Waals surface area contributed by atoms with E-state index < -0.39 is 0 Å². The van der Waals surface area contributed by atoms with Gasteiger partial charge in [-0.1, -0.05) is 19.1 Å². The Labute approximate surface area is 154 Å². The topological polar surface area (TPSA) is 59.4 Å². The Morgan fingerprint density at radius 2 is 2.23 bits per heavy atom. The zero-order valence-electron chi connectivity index (χ0n) is 15.3. The van der Waals surface area contributed by atoms with Crippen molar-refractivity contribution >= 4 is 11.7 Å². The maximum absolute atomic E-state index is 12.7. The molecule has 0 spiro atoms. The molecule has 1 saturated carbocycles. The maximum Gasteiger partial charge on any atom is 0.322 e. The summed E-state index contributed by atoms with van der Waals surface area (Å²) >= 11 is 0. The third kappa shape index (κ3) is 3.90. The van der Waals surface area contributed by atoms with E-state index in [1.54, 1.807) is 0 Å². The quantitative estimate of drug-likeness (QED) is 0.865. The third-order valence-electron chi connectivity index (χ3n) is 5.15. The summed E-state index contributed by atoms with van der Waals surface area (Å²) in [5.74, 6) is 0.745. The lowest BCUT2D eigenvalue weighted by Crippen LogP contribution is -2.40. The Hall–Kier alpha value is -2.34. The lowest BCUT2D eigenvalue weighted by molar-refractivity contribution is 0.107. The van der Waals surface area contributed by atoms with E-state index in [1.165, 1.54) is 18.4 Å². The number of nitrogens with one attached hydrogen (secondary N) is 1. The van der Waals surface area contributed by atoms with Crippen molar-refractivity contribution in [1.29, 1.82) is 0 Å². The van der Waals surface area contributed by atoms with Crippen molar-refractivity contribution in [2.75, 3.05) is 18.5 Å². The number of rotatable bonds is 6. The summed E-state index contributed by atoms with van der Waals surface area (Å²) in [6, 6.07) is 7.96. The van der Waals surface area contributed by atoms with E-state index in [1.807, 2.05) is 29.4 Å². The molecule has 0 saturated heterocycles. The van der Waals surface area contributed by atoms with Gasteiger partial charge in [-0.2, -0.15) is 0 Å². The van der Waals surface area contributed by atoms with Gasteiger partial charge in [0, 0.05) is 25.4 Å². The molecule has 2 aliphatic rings. The van der Waals surface area contributed by atoms with Gasteiger partial charge >= 0.3 is 6.03 Å². The number of amides is 2. The van der Waals surface area contributed by atoms with Crippen LogP contribution < -0.4 is 5.32 Å². The molecule has 26 heavy (non-hydrogen) atoms. The zero-order chi connectivity index (χ0) is 17.9. The first-order valence-electron chi connectivity index (χ1n) is 9.48. The van der Waals surface area contributed by atoms with Crippen LogP contribution in [-0.4, -0.2) is 33.6 Å². The second kappa shape index (κ2) is 7.50. The van der Waals surface area contributed by atoms with Crippen LogP contribution in [-0.2, 0) is 30.9 Å². The lowest BCUT2D eigenvalue weighted by atomic mass is 10.1. The summed E-state index contributed by atoms with van der Waals surface area (Å²) in [4.78, 5) is 19.0. The maximum atomic E-state index is 12.7. The van der Waals surface area contributed by atoms with Gasteiger partial charge in [-0.25, -0.2) is 9.78 Å². The Morgan fingerprint density at radius 1 is 1.35 bits per heavy atom. The van der Waals surface area contributed by atoms with E-state index in [2.05, 4.69) is 27.9 Å². The molecule has 6 nitrogen and oxygen atoms in total. The molecule has 1 aromatic carbocycles. The highest BCUT2D eigenvalue weighted by Gasteiger charge is 2.25. The fourth-order valence-corrected chi connectivity index (χ4v) is 3.28. The van der Waals surface area contributed by atoms with Gasteiger partial charge in [0.2, 0.25) is 0 Å². The van der Waals surface area contributed by atoms with Gasteiger partial charge in [0.05, 0.1) is 30.9 Å². The molecule has 2 aromatic rings. The highest BCUT2D eigenvalue weighted by atomic mass is 16.5. The molecule has 1 N–H and O–H groups in total. The molecule has 138 valence electrons. The Bertz CT molecular complexity index is 782. The minimum atomic E-state index is -0.0597. The van der Waals surface area contributed by atoms with E-state index in [-0.39, 0.29) is 6.03 Å². The van der Waals surface area contributed by atoms with Crippen molar-refractivity contribution in [3.8, 4) is 0 Å². The van der Waals surface area contributed by atoms with Crippen LogP contribution >= 0.6 is 0 Å². The summed E-state index contributed by atoms with van der Waals surface area (Å²) < 4.78 is 7.93. The monoisotopic (exact) mass is 354 g/mol. The molecule has 0 atom stereocenters. The minimum Gasteiger partial charge on any atom is -0.375 e. The van der Waals surface area contributed by atoms with Crippen LogP contribution in [0.3, 0.4) is 0 Å². The molecule has 0 radical (unpaired) electrons. The standard InChI is InChI=1S/C20H26N4O2/c1-2-15-4-3-5-17(10-15)22-20(25)23-8-9-24-14-21-18(19(24)11-23)13-26-12-16-6-7-16/h3-5,10,14,16H,2,6-9,11-13H2,1H3,(H,22,25). The first kappa shape index (κ1) is 17.1. The first-order valence-corrected chi connectivity index (χ1v) is 9.48. The van der Waals surface area contributed by atoms with Crippen molar-refractivity contribution in [3.63, 3.8) is 0 Å².